The Hall–Kier alpha value is -1.36. The molecule has 1 fully saturated rings. The highest BCUT2D eigenvalue weighted by atomic mass is 16.2. The number of carbonyl (C=O) groups excluding carboxylic acids is 1. The van der Waals surface area contributed by atoms with Gasteiger partial charge in [0.2, 0.25) is 5.91 Å². The second-order valence-corrected chi connectivity index (χ2v) is 5.98. The summed E-state index contributed by atoms with van der Waals surface area (Å²) in [5.74, 6) is 2.16. The van der Waals surface area contributed by atoms with E-state index in [0.29, 0.717) is 18.4 Å². The van der Waals surface area contributed by atoms with Crippen molar-refractivity contribution in [1.82, 2.24) is 14.7 Å². The van der Waals surface area contributed by atoms with E-state index in [1.54, 1.807) is 4.68 Å². The van der Waals surface area contributed by atoms with Gasteiger partial charge in [-0.2, -0.15) is 5.10 Å². The fourth-order valence-corrected chi connectivity index (χ4v) is 3.03. The summed E-state index contributed by atoms with van der Waals surface area (Å²) in [5.41, 5.74) is 0.915. The Morgan fingerprint density at radius 1 is 1.42 bits per heavy atom. The van der Waals surface area contributed by atoms with E-state index in [2.05, 4.69) is 29.2 Å². The Kier molecular flexibility index (Phi) is 4.24. The molecule has 1 aliphatic heterocycles. The van der Waals surface area contributed by atoms with Gasteiger partial charge in [0.1, 0.15) is 5.82 Å². The Bertz CT molecular complexity index is 444. The first-order valence-corrected chi connectivity index (χ1v) is 6.97. The van der Waals surface area contributed by atoms with Gasteiger partial charge in [-0.1, -0.05) is 13.8 Å². The molecule has 2 heterocycles. The summed E-state index contributed by atoms with van der Waals surface area (Å²) in [6.07, 6.45) is 1.26. The highest BCUT2D eigenvalue weighted by Crippen LogP contribution is 2.20. The summed E-state index contributed by atoms with van der Waals surface area (Å²) in [6.45, 7) is 8.93. The Morgan fingerprint density at radius 2 is 2.05 bits per heavy atom. The van der Waals surface area contributed by atoms with Crippen LogP contribution in [0.3, 0.4) is 0 Å². The first-order valence-electron chi connectivity index (χ1n) is 6.97. The standard InChI is InChI=1S/C14H24N4O/c1-10-5-11(2)8-18(7-10)9-14(19)15-13-6-12(3)16-17(13)4/h6,10-11H,5,7-9H2,1-4H3,(H,15,19)/t10-,11-/m1/s1. The van der Waals surface area contributed by atoms with Crippen molar-refractivity contribution in [2.45, 2.75) is 27.2 Å². The number of anilines is 1. The van der Waals surface area contributed by atoms with Crippen LogP contribution in [0.25, 0.3) is 0 Å². The number of nitrogens with one attached hydrogen (secondary N) is 1. The van der Waals surface area contributed by atoms with E-state index in [4.69, 9.17) is 0 Å². The van der Waals surface area contributed by atoms with E-state index >= 15 is 0 Å². The second kappa shape index (κ2) is 5.74. The zero-order valence-corrected chi connectivity index (χ0v) is 12.3. The molecule has 0 aromatic carbocycles. The van der Waals surface area contributed by atoms with Crippen LogP contribution in [0, 0.1) is 18.8 Å². The van der Waals surface area contributed by atoms with Gasteiger partial charge in [-0.15, -0.1) is 0 Å². The lowest BCUT2D eigenvalue weighted by atomic mass is 9.92. The molecular formula is C14H24N4O. The Morgan fingerprint density at radius 3 is 2.58 bits per heavy atom. The van der Waals surface area contributed by atoms with E-state index < -0.39 is 0 Å². The summed E-state index contributed by atoms with van der Waals surface area (Å²) < 4.78 is 1.70. The average molecular weight is 264 g/mol. The van der Waals surface area contributed by atoms with Gasteiger partial charge in [-0.05, 0) is 25.2 Å². The zero-order valence-electron chi connectivity index (χ0n) is 12.3. The molecule has 1 saturated heterocycles. The first kappa shape index (κ1) is 14.1. The SMILES string of the molecule is Cc1cc(NC(=O)CN2C[C@H](C)C[C@@H](C)C2)n(C)n1. The molecule has 1 amide bonds. The molecule has 2 atom stereocenters. The highest BCUT2D eigenvalue weighted by molar-refractivity contribution is 5.91. The molecule has 1 aliphatic rings. The topological polar surface area (TPSA) is 50.2 Å². The fraction of sp³-hybridized carbons (Fsp3) is 0.714. The monoisotopic (exact) mass is 264 g/mol. The summed E-state index contributed by atoms with van der Waals surface area (Å²) in [5, 5.41) is 7.15. The molecule has 0 aliphatic carbocycles. The number of likely N-dealkylation sites (tertiary alicyclic amines) is 1. The molecule has 1 N–H and O–H groups in total. The number of rotatable bonds is 3. The summed E-state index contributed by atoms with van der Waals surface area (Å²) in [4.78, 5) is 14.3. The lowest BCUT2D eigenvalue weighted by Crippen LogP contribution is -2.43. The molecule has 1 aromatic rings. The quantitative estimate of drug-likeness (QED) is 0.903. The summed E-state index contributed by atoms with van der Waals surface area (Å²) in [7, 11) is 1.84. The first-order chi connectivity index (χ1) is 8.94. The molecule has 0 radical (unpaired) electrons. The van der Waals surface area contributed by atoms with Gasteiger partial charge in [-0.3, -0.25) is 14.4 Å². The normalized spacial score (nSPS) is 24.4. The van der Waals surface area contributed by atoms with E-state index in [1.165, 1.54) is 6.42 Å². The van der Waals surface area contributed by atoms with Crippen LogP contribution < -0.4 is 5.32 Å². The molecular weight excluding hydrogens is 240 g/mol. The maximum absolute atomic E-state index is 12.1. The molecule has 5 heteroatoms. The van der Waals surface area contributed by atoms with Gasteiger partial charge in [0.25, 0.3) is 0 Å². The Labute approximate surface area is 115 Å². The number of hydrogen-bond acceptors (Lipinski definition) is 3. The molecule has 0 spiro atoms. The maximum atomic E-state index is 12.1. The maximum Gasteiger partial charge on any atom is 0.239 e. The van der Waals surface area contributed by atoms with Crippen molar-refractivity contribution in [1.29, 1.82) is 0 Å². The third-order valence-electron chi connectivity index (χ3n) is 3.58. The fourth-order valence-electron chi connectivity index (χ4n) is 3.03. The minimum Gasteiger partial charge on any atom is -0.310 e. The number of carbonyl (C=O) groups is 1. The summed E-state index contributed by atoms with van der Waals surface area (Å²) in [6, 6.07) is 1.89. The number of piperidine rings is 1. The van der Waals surface area contributed by atoms with Gasteiger partial charge >= 0.3 is 0 Å². The van der Waals surface area contributed by atoms with Gasteiger partial charge in [0, 0.05) is 26.2 Å². The smallest absolute Gasteiger partial charge is 0.239 e. The zero-order chi connectivity index (χ0) is 14.0. The number of aromatic nitrogens is 2. The van der Waals surface area contributed by atoms with Crippen LogP contribution in [0.2, 0.25) is 0 Å². The molecule has 0 unspecified atom stereocenters. The number of nitrogens with zero attached hydrogens (tertiary/aromatic N) is 3. The van der Waals surface area contributed by atoms with Crippen LogP contribution in [0.4, 0.5) is 5.82 Å². The molecule has 5 nitrogen and oxygen atoms in total. The van der Waals surface area contributed by atoms with Gasteiger partial charge < -0.3 is 5.32 Å². The van der Waals surface area contributed by atoms with Crippen LogP contribution in [-0.4, -0.2) is 40.2 Å². The van der Waals surface area contributed by atoms with E-state index in [0.717, 1.165) is 24.6 Å². The lowest BCUT2D eigenvalue weighted by Gasteiger charge is -2.34. The van der Waals surface area contributed by atoms with Gasteiger partial charge in [0.15, 0.2) is 0 Å². The number of hydrogen-bond donors (Lipinski definition) is 1. The van der Waals surface area contributed by atoms with E-state index in [-0.39, 0.29) is 5.91 Å². The van der Waals surface area contributed by atoms with Crippen molar-refractivity contribution < 1.29 is 4.79 Å². The van der Waals surface area contributed by atoms with E-state index in [9.17, 15) is 4.79 Å². The molecule has 19 heavy (non-hydrogen) atoms. The van der Waals surface area contributed by atoms with Gasteiger partial charge in [-0.25, -0.2) is 0 Å². The predicted octanol–water partition coefficient (Wildman–Crippen LogP) is 1.64. The minimum atomic E-state index is 0.0456. The minimum absolute atomic E-state index is 0.0456. The largest absolute Gasteiger partial charge is 0.310 e. The lowest BCUT2D eigenvalue weighted by molar-refractivity contribution is -0.117. The predicted molar refractivity (Wildman–Crippen MR) is 76.0 cm³/mol. The van der Waals surface area contributed by atoms with Crippen LogP contribution in [-0.2, 0) is 11.8 Å². The van der Waals surface area contributed by atoms with Crippen LogP contribution in [0.5, 0.6) is 0 Å². The number of aryl methyl sites for hydroxylation is 2. The van der Waals surface area contributed by atoms with Crippen LogP contribution >= 0.6 is 0 Å². The molecule has 0 bridgehead atoms. The van der Waals surface area contributed by atoms with Crippen molar-refractivity contribution in [3.05, 3.63) is 11.8 Å². The average Bonchev–Trinajstić information content (AvgIpc) is 2.55. The number of amides is 1. The van der Waals surface area contributed by atoms with Gasteiger partial charge in [0.05, 0.1) is 12.2 Å². The Balaban J connectivity index is 1.89. The van der Waals surface area contributed by atoms with Crippen LogP contribution in [0.15, 0.2) is 6.07 Å². The summed E-state index contributed by atoms with van der Waals surface area (Å²) >= 11 is 0. The van der Waals surface area contributed by atoms with E-state index in [1.807, 2.05) is 20.0 Å². The van der Waals surface area contributed by atoms with Crippen molar-refractivity contribution in [2.24, 2.45) is 18.9 Å². The van der Waals surface area contributed by atoms with Crippen molar-refractivity contribution in [2.75, 3.05) is 25.0 Å². The third kappa shape index (κ3) is 3.80. The second-order valence-electron chi connectivity index (χ2n) is 5.98. The molecule has 0 saturated carbocycles. The highest BCUT2D eigenvalue weighted by Gasteiger charge is 2.23. The molecule has 106 valence electrons. The molecule has 2 rings (SSSR count). The van der Waals surface area contributed by atoms with Crippen molar-refractivity contribution >= 4 is 11.7 Å². The van der Waals surface area contributed by atoms with Crippen molar-refractivity contribution in [3.63, 3.8) is 0 Å². The third-order valence-corrected chi connectivity index (χ3v) is 3.58. The van der Waals surface area contributed by atoms with Crippen molar-refractivity contribution in [3.8, 4) is 0 Å². The molecule has 1 aromatic heterocycles. The van der Waals surface area contributed by atoms with Crippen LogP contribution in [0.1, 0.15) is 26.0 Å².